The number of rotatable bonds is 8. The van der Waals surface area contributed by atoms with Crippen LogP contribution in [0.25, 0.3) is 5.69 Å². The number of ether oxygens (including phenoxy) is 1. The van der Waals surface area contributed by atoms with Crippen molar-refractivity contribution in [2.24, 2.45) is 0 Å². The third kappa shape index (κ3) is 7.30. The van der Waals surface area contributed by atoms with Gasteiger partial charge in [0.25, 0.3) is 5.82 Å². The Labute approximate surface area is 277 Å². The fraction of sp³-hybridized carbons (Fsp3) is 0.375. The number of carbonyl (C=O) groups excluding carboxylic acids is 1. The van der Waals surface area contributed by atoms with Crippen LogP contribution in [0.4, 0.5) is 13.2 Å². The minimum absolute atomic E-state index is 0. The molecule has 2 aliphatic heterocycles. The normalized spacial score (nSPS) is 20.0. The summed E-state index contributed by atoms with van der Waals surface area (Å²) in [5.41, 5.74) is 3.30. The number of carbonyl (C=O) groups is 1. The molecule has 3 aromatic carbocycles. The van der Waals surface area contributed by atoms with Gasteiger partial charge < -0.3 is 10.1 Å². The van der Waals surface area contributed by atoms with Crippen LogP contribution in [0.15, 0.2) is 78.9 Å². The third-order valence-electron chi connectivity index (χ3n) is 8.62. The Morgan fingerprint density at radius 2 is 1.65 bits per heavy atom. The second-order valence-corrected chi connectivity index (χ2v) is 11.4. The highest BCUT2D eigenvalue weighted by atomic mass is 35.5. The number of hydrogen-bond donors (Lipinski definition) is 1. The van der Waals surface area contributed by atoms with Gasteiger partial charge in [-0.3, -0.25) is 14.6 Å². The van der Waals surface area contributed by atoms with Gasteiger partial charge in [-0.2, -0.15) is 17.9 Å². The maximum absolute atomic E-state index is 13.6. The van der Waals surface area contributed by atoms with Gasteiger partial charge in [0.05, 0.1) is 12.8 Å². The fourth-order valence-corrected chi connectivity index (χ4v) is 6.84. The molecule has 3 heterocycles. The van der Waals surface area contributed by atoms with E-state index in [0.29, 0.717) is 35.6 Å². The van der Waals surface area contributed by atoms with E-state index in [1.54, 1.807) is 26.2 Å². The van der Waals surface area contributed by atoms with Crippen LogP contribution in [-0.4, -0.2) is 80.8 Å². The van der Waals surface area contributed by atoms with Gasteiger partial charge in [0, 0.05) is 62.7 Å². The summed E-state index contributed by atoms with van der Waals surface area (Å²) >= 11 is 0. The van der Waals surface area contributed by atoms with Crippen LogP contribution in [0, 0.1) is 0 Å². The Morgan fingerprint density at radius 3 is 2.24 bits per heavy atom. The molecule has 0 bridgehead atoms. The van der Waals surface area contributed by atoms with Crippen molar-refractivity contribution in [1.82, 2.24) is 35.3 Å². The molecule has 246 valence electrons. The van der Waals surface area contributed by atoms with Crippen LogP contribution >= 0.6 is 24.8 Å². The predicted octanol–water partition coefficient (Wildman–Crippen LogP) is 5.13. The molecule has 6 rings (SSSR count). The van der Waals surface area contributed by atoms with Crippen molar-refractivity contribution in [2.75, 3.05) is 26.7 Å². The van der Waals surface area contributed by atoms with E-state index in [-0.39, 0.29) is 60.5 Å². The second-order valence-electron chi connectivity index (χ2n) is 11.4. The molecule has 0 unspecified atom stereocenters. The smallest absolute Gasteiger partial charge is 0.453 e. The molecule has 1 amide bonds. The van der Waals surface area contributed by atoms with Gasteiger partial charge in [-0.25, -0.2) is 0 Å². The van der Waals surface area contributed by atoms with Crippen molar-refractivity contribution in [3.63, 3.8) is 0 Å². The summed E-state index contributed by atoms with van der Waals surface area (Å²) in [6.07, 6.45) is -3.87. The van der Waals surface area contributed by atoms with Crippen molar-refractivity contribution in [2.45, 2.75) is 50.1 Å². The number of alkyl halides is 3. The van der Waals surface area contributed by atoms with E-state index < -0.39 is 12.0 Å². The van der Waals surface area contributed by atoms with E-state index in [1.807, 2.05) is 12.1 Å². The minimum Gasteiger partial charge on any atom is -0.496 e. The van der Waals surface area contributed by atoms with E-state index >= 15 is 0 Å². The molecule has 4 aromatic rings. The summed E-state index contributed by atoms with van der Waals surface area (Å²) in [5.74, 6) is -0.645. The Morgan fingerprint density at radius 1 is 1.00 bits per heavy atom. The van der Waals surface area contributed by atoms with Gasteiger partial charge in [0.1, 0.15) is 5.75 Å². The van der Waals surface area contributed by atoms with Crippen molar-refractivity contribution in [3.8, 4) is 11.4 Å². The van der Waals surface area contributed by atoms with Crippen LogP contribution in [-0.2, 0) is 17.5 Å². The molecule has 0 saturated carbocycles. The molecule has 2 saturated heterocycles. The highest BCUT2D eigenvalue weighted by Crippen LogP contribution is 2.39. The molecule has 3 atom stereocenters. The Kier molecular flexibility index (Phi) is 11.3. The van der Waals surface area contributed by atoms with Crippen LogP contribution in [0.5, 0.6) is 5.75 Å². The monoisotopic (exact) mass is 677 g/mol. The average Bonchev–Trinajstić information content (AvgIpc) is 3.67. The third-order valence-corrected chi connectivity index (χ3v) is 8.62. The first-order valence-corrected chi connectivity index (χ1v) is 14.6. The number of tetrazole rings is 1. The SMILES string of the molecule is COc1ccc(-n2nnnc2C(F)(F)F)cc1CN1C[C@@H]2[C@H](NC(C)=O)CCN2[C@H](C(c2ccccc2)c2ccccc2)C1.Cl.Cl. The zero-order chi connectivity index (χ0) is 30.8. The summed E-state index contributed by atoms with van der Waals surface area (Å²) < 4.78 is 47.2. The Bertz CT molecular complexity index is 1550. The van der Waals surface area contributed by atoms with E-state index in [4.69, 9.17) is 4.74 Å². The standard InChI is InChI=1S/C32H34F3N7O2.2ClH/c1-21(43)36-26-15-16-41-27(26)19-40(20-28(41)30(22-9-5-3-6-10-22)23-11-7-4-8-12-23)18-24-17-25(13-14-29(24)44-2)42-31(32(33,34)35)37-38-39-42;;/h3-14,17,26-28,30H,15-16,18-20H2,1-2H3,(H,36,43);2*1H/t26-,27-,28+;;/m1../s1. The zero-order valence-electron chi connectivity index (χ0n) is 25.3. The van der Waals surface area contributed by atoms with Crippen LogP contribution in [0.3, 0.4) is 0 Å². The molecule has 1 aromatic heterocycles. The fourth-order valence-electron chi connectivity index (χ4n) is 6.84. The van der Waals surface area contributed by atoms with Crippen LogP contribution in [0.1, 0.15) is 41.8 Å². The minimum atomic E-state index is -4.71. The quantitative estimate of drug-likeness (QED) is 0.277. The lowest BCUT2D eigenvalue weighted by atomic mass is 9.82. The molecule has 9 nitrogen and oxygen atoms in total. The number of nitrogens with zero attached hydrogens (tertiary/aromatic N) is 6. The largest absolute Gasteiger partial charge is 0.496 e. The summed E-state index contributed by atoms with van der Waals surface area (Å²) in [5, 5.41) is 13.3. The second kappa shape index (κ2) is 14.8. The number of fused-ring (bicyclic) bond motifs is 1. The molecule has 2 fully saturated rings. The molecule has 0 radical (unpaired) electrons. The number of hydrogen-bond acceptors (Lipinski definition) is 7. The maximum atomic E-state index is 13.6. The first-order valence-electron chi connectivity index (χ1n) is 14.6. The molecule has 46 heavy (non-hydrogen) atoms. The number of aromatic nitrogens is 4. The van der Waals surface area contributed by atoms with Gasteiger partial charge in [0.15, 0.2) is 0 Å². The van der Waals surface area contributed by atoms with Crippen molar-refractivity contribution in [3.05, 3.63) is 101 Å². The molecule has 0 aliphatic carbocycles. The average molecular weight is 679 g/mol. The Balaban J connectivity index is 0.00000240. The lowest BCUT2D eigenvalue weighted by Crippen LogP contribution is -2.61. The van der Waals surface area contributed by atoms with Crippen molar-refractivity contribution < 1.29 is 22.7 Å². The van der Waals surface area contributed by atoms with E-state index in [9.17, 15) is 18.0 Å². The first kappa shape index (κ1) is 35.1. The molecular formula is C32H36Cl2F3N7O2. The van der Waals surface area contributed by atoms with E-state index in [2.05, 4.69) is 79.2 Å². The molecule has 2 aliphatic rings. The predicted molar refractivity (Wildman–Crippen MR) is 172 cm³/mol. The van der Waals surface area contributed by atoms with Gasteiger partial charge in [-0.15, -0.1) is 29.9 Å². The summed E-state index contributed by atoms with van der Waals surface area (Å²) in [6.45, 7) is 4.18. The molecule has 1 N–H and O–H groups in total. The number of amides is 1. The number of piperazine rings is 1. The van der Waals surface area contributed by atoms with Crippen LogP contribution in [0.2, 0.25) is 0 Å². The maximum Gasteiger partial charge on any atom is 0.453 e. The lowest BCUT2D eigenvalue weighted by molar-refractivity contribution is -0.146. The lowest BCUT2D eigenvalue weighted by Gasteiger charge is -2.48. The van der Waals surface area contributed by atoms with E-state index in [1.165, 1.54) is 17.2 Å². The van der Waals surface area contributed by atoms with E-state index in [0.717, 1.165) is 13.0 Å². The zero-order valence-corrected chi connectivity index (χ0v) is 26.9. The summed E-state index contributed by atoms with van der Waals surface area (Å²) in [6, 6.07) is 25.8. The Hall–Kier alpha value is -3.71. The molecule has 14 heteroatoms. The number of nitrogens with one attached hydrogen (secondary N) is 1. The number of halogens is 5. The molecule has 0 spiro atoms. The van der Waals surface area contributed by atoms with Crippen molar-refractivity contribution >= 4 is 30.7 Å². The first-order chi connectivity index (χ1) is 21.2. The summed E-state index contributed by atoms with van der Waals surface area (Å²) in [4.78, 5) is 17.0. The summed E-state index contributed by atoms with van der Waals surface area (Å²) in [7, 11) is 1.54. The van der Waals surface area contributed by atoms with Gasteiger partial charge >= 0.3 is 6.18 Å². The number of methoxy groups -OCH3 is 1. The van der Waals surface area contributed by atoms with Gasteiger partial charge in [0.2, 0.25) is 5.91 Å². The molecular weight excluding hydrogens is 642 g/mol. The van der Waals surface area contributed by atoms with Crippen LogP contribution < -0.4 is 10.1 Å². The van der Waals surface area contributed by atoms with Gasteiger partial charge in [-0.1, -0.05) is 60.7 Å². The highest BCUT2D eigenvalue weighted by molar-refractivity contribution is 5.85. The topological polar surface area (TPSA) is 88.4 Å². The highest BCUT2D eigenvalue weighted by Gasteiger charge is 2.46. The number of benzene rings is 3. The van der Waals surface area contributed by atoms with Crippen molar-refractivity contribution in [1.29, 1.82) is 0 Å². The van der Waals surface area contributed by atoms with Gasteiger partial charge in [-0.05, 0) is 46.2 Å².